The smallest absolute Gasteiger partial charge is 0.336 e. The molecule has 1 heterocycles. The van der Waals surface area contributed by atoms with Gasteiger partial charge in [-0.1, -0.05) is 20.8 Å². The van der Waals surface area contributed by atoms with E-state index >= 15 is 0 Å². The van der Waals surface area contributed by atoms with E-state index in [4.69, 9.17) is 18.9 Å². The van der Waals surface area contributed by atoms with Crippen molar-refractivity contribution in [2.75, 3.05) is 0 Å². The summed E-state index contributed by atoms with van der Waals surface area (Å²) in [5, 5.41) is 24.7. The summed E-state index contributed by atoms with van der Waals surface area (Å²) in [6, 6.07) is 0. The van der Waals surface area contributed by atoms with Gasteiger partial charge in [0.15, 0.2) is 6.10 Å². The van der Waals surface area contributed by atoms with Gasteiger partial charge < -0.3 is 29.2 Å². The molecule has 1 aliphatic heterocycles. The van der Waals surface area contributed by atoms with Crippen molar-refractivity contribution in [3.63, 3.8) is 0 Å². The van der Waals surface area contributed by atoms with Crippen LogP contribution >= 0.6 is 0 Å². The maximum absolute atomic E-state index is 12.8. The highest BCUT2D eigenvalue weighted by atomic mass is 16.6. The zero-order chi connectivity index (χ0) is 27.0. The summed E-state index contributed by atoms with van der Waals surface area (Å²) in [7, 11) is 0. The molecule has 36 heavy (non-hydrogen) atoms. The first-order valence-electron chi connectivity index (χ1n) is 12.1. The van der Waals surface area contributed by atoms with Crippen LogP contribution in [0.1, 0.15) is 61.3 Å². The second-order valence-electron chi connectivity index (χ2n) is 11.4. The summed E-state index contributed by atoms with van der Waals surface area (Å²) in [6.45, 7) is 10.4. The summed E-state index contributed by atoms with van der Waals surface area (Å²) >= 11 is 0. The summed E-state index contributed by atoms with van der Waals surface area (Å²) < 4.78 is 22.6. The Morgan fingerprint density at radius 3 is 2.11 bits per heavy atom. The zero-order valence-electron chi connectivity index (χ0n) is 21.6. The maximum atomic E-state index is 12.8. The van der Waals surface area contributed by atoms with Crippen molar-refractivity contribution < 1.29 is 48.3 Å². The molecule has 0 bridgehead atoms. The van der Waals surface area contributed by atoms with E-state index in [0.717, 1.165) is 0 Å². The Hall–Kier alpha value is -2.72. The van der Waals surface area contributed by atoms with Crippen molar-refractivity contribution in [3.05, 3.63) is 23.5 Å². The number of allylic oxidation sites excluding steroid dienone is 1. The first kappa shape index (κ1) is 26.3. The third-order valence-electron chi connectivity index (χ3n) is 8.86. The Morgan fingerprint density at radius 1 is 0.972 bits per heavy atom. The van der Waals surface area contributed by atoms with E-state index in [9.17, 15) is 29.4 Å². The molecule has 2 N–H and O–H groups in total. The average molecular weight is 507 g/mol. The molecule has 0 amide bonds. The van der Waals surface area contributed by atoms with Crippen LogP contribution in [0, 0.1) is 22.7 Å². The molecule has 0 aromatic rings. The fourth-order valence-corrected chi connectivity index (χ4v) is 7.35. The largest absolute Gasteiger partial charge is 0.462 e. The Bertz CT molecular complexity index is 1080. The molecule has 0 aromatic carbocycles. The normalized spacial score (nSPS) is 42.5. The number of carbonyl (C=O) groups is 4. The van der Waals surface area contributed by atoms with E-state index in [0.29, 0.717) is 12.8 Å². The van der Waals surface area contributed by atoms with Crippen molar-refractivity contribution in [2.45, 2.75) is 90.8 Å². The lowest BCUT2D eigenvalue weighted by molar-refractivity contribution is -0.340. The minimum atomic E-state index is -1.90. The van der Waals surface area contributed by atoms with E-state index in [1.165, 1.54) is 33.8 Å². The van der Waals surface area contributed by atoms with Gasteiger partial charge in [0.1, 0.15) is 23.6 Å². The number of rotatable bonds is 3. The quantitative estimate of drug-likeness (QED) is 0.428. The molecule has 10 nitrogen and oxygen atoms in total. The van der Waals surface area contributed by atoms with Gasteiger partial charge in [-0.15, -0.1) is 0 Å². The highest BCUT2D eigenvalue weighted by Crippen LogP contribution is 2.68. The van der Waals surface area contributed by atoms with Crippen molar-refractivity contribution in [2.24, 2.45) is 22.7 Å². The van der Waals surface area contributed by atoms with Crippen LogP contribution in [0.2, 0.25) is 0 Å². The van der Waals surface area contributed by atoms with Crippen LogP contribution in [-0.2, 0) is 38.1 Å². The van der Waals surface area contributed by atoms with Crippen LogP contribution < -0.4 is 0 Å². The van der Waals surface area contributed by atoms with E-state index in [1.807, 2.05) is 13.8 Å². The molecule has 198 valence electrons. The summed E-state index contributed by atoms with van der Waals surface area (Å²) in [6.07, 6.45) is 0.00733. The third kappa shape index (κ3) is 3.44. The lowest BCUT2D eigenvalue weighted by atomic mass is 9.39. The van der Waals surface area contributed by atoms with Gasteiger partial charge >= 0.3 is 23.9 Å². The van der Waals surface area contributed by atoms with Gasteiger partial charge in [-0.05, 0) is 31.3 Å². The maximum Gasteiger partial charge on any atom is 0.336 e. The number of carbonyl (C=O) groups excluding carboxylic acids is 4. The molecule has 2 fully saturated rings. The molecule has 2 saturated carbocycles. The molecular formula is C26H34O10. The fourth-order valence-electron chi connectivity index (χ4n) is 7.35. The minimum Gasteiger partial charge on any atom is -0.462 e. The highest BCUT2D eigenvalue weighted by Gasteiger charge is 2.78. The Labute approximate surface area is 209 Å². The number of hydrogen-bond acceptors (Lipinski definition) is 10. The molecule has 0 saturated heterocycles. The highest BCUT2D eigenvalue weighted by molar-refractivity contribution is 5.89. The van der Waals surface area contributed by atoms with Gasteiger partial charge in [0.25, 0.3) is 0 Å². The SMILES string of the molecule is CC(=O)OC1C2C(C=C3OC(=O)C=C3C2(C)O)C2(C)C(OC(C)=O)CCC(C)(C)C2(O)C1OC(C)=O. The van der Waals surface area contributed by atoms with Gasteiger partial charge in [0, 0.05) is 49.7 Å². The lowest BCUT2D eigenvalue weighted by Gasteiger charge is -2.70. The van der Waals surface area contributed by atoms with Crippen LogP contribution in [0.3, 0.4) is 0 Å². The van der Waals surface area contributed by atoms with Crippen LogP contribution in [0.15, 0.2) is 23.5 Å². The minimum absolute atomic E-state index is 0.132. The predicted octanol–water partition coefficient (Wildman–Crippen LogP) is 1.72. The van der Waals surface area contributed by atoms with Crippen molar-refractivity contribution >= 4 is 23.9 Å². The van der Waals surface area contributed by atoms with Crippen LogP contribution in [0.5, 0.6) is 0 Å². The fraction of sp³-hybridized carbons (Fsp3) is 0.692. The number of aliphatic hydroxyl groups is 2. The topological polar surface area (TPSA) is 146 Å². The average Bonchev–Trinajstić information content (AvgIpc) is 3.11. The second-order valence-corrected chi connectivity index (χ2v) is 11.4. The van der Waals surface area contributed by atoms with Crippen molar-refractivity contribution in [1.29, 1.82) is 0 Å². The number of ether oxygens (including phenoxy) is 4. The van der Waals surface area contributed by atoms with E-state index in [1.54, 1.807) is 13.0 Å². The standard InChI is InChI=1S/C26H34O10/c1-12(27)33-18-8-9-23(4,5)26(32)22(35-14(3)29)21(34-13(2)28)20-16(24(18,26)6)10-17-15(25(20,7)31)11-19(30)36-17/h10-11,16,18,20-22,31-32H,8-9H2,1-7H3. The molecule has 8 unspecified atom stereocenters. The molecule has 0 aromatic heterocycles. The summed E-state index contributed by atoms with van der Waals surface area (Å²) in [4.78, 5) is 49.1. The molecule has 10 heteroatoms. The Balaban J connectivity index is 2.08. The molecule has 0 spiro atoms. The second kappa shape index (κ2) is 8.14. The van der Waals surface area contributed by atoms with Gasteiger partial charge in [-0.3, -0.25) is 14.4 Å². The first-order valence-corrected chi connectivity index (χ1v) is 12.1. The van der Waals surface area contributed by atoms with E-state index < -0.39 is 76.1 Å². The summed E-state index contributed by atoms with van der Waals surface area (Å²) in [5.41, 5.74) is -5.79. The number of fused-ring (bicyclic) bond motifs is 4. The summed E-state index contributed by atoms with van der Waals surface area (Å²) in [5.74, 6) is -4.34. The number of esters is 4. The monoisotopic (exact) mass is 506 g/mol. The van der Waals surface area contributed by atoms with Gasteiger partial charge in [-0.2, -0.15) is 0 Å². The molecule has 8 atom stereocenters. The lowest BCUT2D eigenvalue weighted by Crippen LogP contribution is -2.81. The molecule has 4 rings (SSSR count). The molecule has 3 aliphatic carbocycles. The van der Waals surface area contributed by atoms with Crippen LogP contribution in [0.4, 0.5) is 0 Å². The zero-order valence-corrected chi connectivity index (χ0v) is 21.6. The van der Waals surface area contributed by atoms with Crippen molar-refractivity contribution in [3.8, 4) is 0 Å². The van der Waals surface area contributed by atoms with Crippen LogP contribution in [-0.4, -0.2) is 63.6 Å². The Morgan fingerprint density at radius 2 is 1.56 bits per heavy atom. The molecule has 0 radical (unpaired) electrons. The predicted molar refractivity (Wildman–Crippen MR) is 123 cm³/mol. The van der Waals surface area contributed by atoms with E-state index in [-0.39, 0.29) is 11.3 Å². The molecular weight excluding hydrogens is 472 g/mol. The Kier molecular flexibility index (Phi) is 5.96. The van der Waals surface area contributed by atoms with E-state index in [2.05, 4.69) is 0 Å². The van der Waals surface area contributed by atoms with Crippen molar-refractivity contribution in [1.82, 2.24) is 0 Å². The third-order valence-corrected chi connectivity index (χ3v) is 8.86. The number of hydrogen-bond donors (Lipinski definition) is 2. The van der Waals surface area contributed by atoms with Gasteiger partial charge in [0.05, 0.1) is 5.60 Å². The van der Waals surface area contributed by atoms with Gasteiger partial charge in [-0.25, -0.2) is 4.79 Å². The first-order chi connectivity index (χ1) is 16.5. The van der Waals surface area contributed by atoms with Gasteiger partial charge in [0.2, 0.25) is 0 Å². The molecule has 4 aliphatic rings. The van der Waals surface area contributed by atoms with Crippen LogP contribution in [0.25, 0.3) is 0 Å².